The third kappa shape index (κ3) is 1.63. The second kappa shape index (κ2) is 4.13. The van der Waals surface area contributed by atoms with Crippen molar-refractivity contribution in [2.24, 2.45) is 0 Å². The van der Waals surface area contributed by atoms with E-state index in [2.05, 4.69) is 12.2 Å². The average Bonchev–Trinajstić information content (AvgIpc) is 2.63. The van der Waals surface area contributed by atoms with Gasteiger partial charge in [0.05, 0.1) is 5.69 Å². The van der Waals surface area contributed by atoms with Gasteiger partial charge < -0.3 is 5.32 Å². The standard InChI is InChI=1S/C13H19N3/c1-2-4-11-10-7-14-8-12(10)16-13(15-11)9-5-3-6-9/h9,14H,2-8H2,1H3. The first-order chi connectivity index (χ1) is 7.88. The highest BCUT2D eigenvalue weighted by atomic mass is 15.0. The minimum atomic E-state index is 0.654. The van der Waals surface area contributed by atoms with Crippen molar-refractivity contribution in [2.75, 3.05) is 0 Å². The van der Waals surface area contributed by atoms with E-state index >= 15 is 0 Å². The zero-order valence-electron chi connectivity index (χ0n) is 9.92. The van der Waals surface area contributed by atoms with E-state index < -0.39 is 0 Å². The zero-order valence-corrected chi connectivity index (χ0v) is 9.92. The van der Waals surface area contributed by atoms with Crippen molar-refractivity contribution in [1.82, 2.24) is 15.3 Å². The Bertz CT molecular complexity index is 396. The summed E-state index contributed by atoms with van der Waals surface area (Å²) in [6, 6.07) is 0. The molecule has 0 atom stereocenters. The number of fused-ring (bicyclic) bond motifs is 1. The highest BCUT2D eigenvalue weighted by Gasteiger charge is 2.26. The van der Waals surface area contributed by atoms with Gasteiger partial charge in [-0.3, -0.25) is 0 Å². The van der Waals surface area contributed by atoms with Gasteiger partial charge in [-0.1, -0.05) is 19.8 Å². The normalized spacial score (nSPS) is 19.6. The van der Waals surface area contributed by atoms with Crippen molar-refractivity contribution in [2.45, 2.75) is 58.0 Å². The first-order valence-electron chi connectivity index (χ1n) is 6.47. The molecule has 0 aromatic carbocycles. The minimum Gasteiger partial charge on any atom is -0.307 e. The van der Waals surface area contributed by atoms with Gasteiger partial charge in [-0.2, -0.15) is 0 Å². The summed E-state index contributed by atoms with van der Waals surface area (Å²) in [6.45, 7) is 4.13. The molecule has 1 aromatic rings. The third-order valence-corrected chi connectivity index (χ3v) is 3.75. The molecule has 16 heavy (non-hydrogen) atoms. The number of hydrogen-bond donors (Lipinski definition) is 1. The van der Waals surface area contributed by atoms with Crippen LogP contribution >= 0.6 is 0 Å². The Kier molecular flexibility index (Phi) is 2.64. The molecule has 0 bridgehead atoms. The Balaban J connectivity index is 1.98. The van der Waals surface area contributed by atoms with E-state index in [0.717, 1.165) is 25.3 Å². The Labute approximate surface area is 96.7 Å². The number of rotatable bonds is 3. The lowest BCUT2D eigenvalue weighted by Crippen LogP contribution is -2.15. The van der Waals surface area contributed by atoms with Crippen molar-refractivity contribution in [3.8, 4) is 0 Å². The summed E-state index contributed by atoms with van der Waals surface area (Å²) in [6.07, 6.45) is 6.21. The molecule has 2 aliphatic rings. The average molecular weight is 217 g/mol. The highest BCUT2D eigenvalue weighted by Crippen LogP contribution is 2.35. The second-order valence-corrected chi connectivity index (χ2v) is 4.94. The molecule has 1 aliphatic heterocycles. The predicted molar refractivity (Wildman–Crippen MR) is 63.2 cm³/mol. The number of nitrogens with zero attached hydrogens (tertiary/aromatic N) is 2. The Morgan fingerprint density at radius 2 is 2.12 bits per heavy atom. The van der Waals surface area contributed by atoms with Crippen LogP contribution in [0.2, 0.25) is 0 Å². The van der Waals surface area contributed by atoms with Crippen LogP contribution in [0, 0.1) is 0 Å². The van der Waals surface area contributed by atoms with E-state index in [1.807, 2.05) is 0 Å². The van der Waals surface area contributed by atoms with Crippen molar-refractivity contribution < 1.29 is 0 Å². The Morgan fingerprint density at radius 1 is 1.25 bits per heavy atom. The summed E-state index contributed by atoms with van der Waals surface area (Å²) in [5.41, 5.74) is 3.95. The zero-order chi connectivity index (χ0) is 11.0. The molecular formula is C13H19N3. The quantitative estimate of drug-likeness (QED) is 0.844. The van der Waals surface area contributed by atoms with E-state index in [9.17, 15) is 0 Å². The van der Waals surface area contributed by atoms with Crippen LogP contribution in [-0.2, 0) is 19.5 Å². The molecule has 1 aromatic heterocycles. The molecule has 1 aliphatic carbocycles. The number of nitrogens with one attached hydrogen (secondary N) is 1. The van der Waals surface area contributed by atoms with Crippen LogP contribution < -0.4 is 5.32 Å². The van der Waals surface area contributed by atoms with Crippen LogP contribution in [0.25, 0.3) is 0 Å². The predicted octanol–water partition coefficient (Wildman–Crippen LogP) is 2.30. The van der Waals surface area contributed by atoms with Gasteiger partial charge in [-0.15, -0.1) is 0 Å². The van der Waals surface area contributed by atoms with Gasteiger partial charge in [0.1, 0.15) is 5.82 Å². The highest BCUT2D eigenvalue weighted by molar-refractivity contribution is 5.30. The molecule has 0 radical (unpaired) electrons. The van der Waals surface area contributed by atoms with Gasteiger partial charge in [-0.05, 0) is 19.3 Å². The van der Waals surface area contributed by atoms with Crippen LogP contribution in [0.1, 0.15) is 61.3 Å². The number of hydrogen-bond acceptors (Lipinski definition) is 3. The van der Waals surface area contributed by atoms with Gasteiger partial charge in [-0.25, -0.2) is 9.97 Å². The maximum Gasteiger partial charge on any atom is 0.132 e. The summed E-state index contributed by atoms with van der Waals surface area (Å²) in [7, 11) is 0. The van der Waals surface area contributed by atoms with Crippen molar-refractivity contribution >= 4 is 0 Å². The van der Waals surface area contributed by atoms with Crippen LogP contribution in [0.4, 0.5) is 0 Å². The molecule has 0 spiro atoms. The van der Waals surface area contributed by atoms with Gasteiger partial charge in [0.15, 0.2) is 0 Å². The van der Waals surface area contributed by atoms with Crippen molar-refractivity contribution in [1.29, 1.82) is 0 Å². The summed E-state index contributed by atoms with van der Waals surface area (Å²) in [5, 5.41) is 3.39. The molecular weight excluding hydrogens is 198 g/mol. The molecule has 1 N–H and O–H groups in total. The molecule has 2 heterocycles. The Morgan fingerprint density at radius 3 is 2.81 bits per heavy atom. The SMILES string of the molecule is CCCc1nc(C2CCC2)nc2c1CNC2. The molecule has 0 unspecified atom stereocenters. The first kappa shape index (κ1) is 10.2. The van der Waals surface area contributed by atoms with E-state index in [1.54, 1.807) is 0 Å². The summed E-state index contributed by atoms with van der Waals surface area (Å²) < 4.78 is 0. The molecule has 86 valence electrons. The van der Waals surface area contributed by atoms with E-state index in [1.165, 1.54) is 42.6 Å². The van der Waals surface area contributed by atoms with Gasteiger partial charge in [0.2, 0.25) is 0 Å². The van der Waals surface area contributed by atoms with Crippen molar-refractivity contribution in [3.05, 3.63) is 22.8 Å². The fraction of sp³-hybridized carbons (Fsp3) is 0.692. The maximum atomic E-state index is 4.80. The van der Waals surface area contributed by atoms with Crippen LogP contribution in [0.15, 0.2) is 0 Å². The van der Waals surface area contributed by atoms with Gasteiger partial charge >= 0.3 is 0 Å². The molecule has 0 saturated heterocycles. The lowest BCUT2D eigenvalue weighted by atomic mass is 9.84. The summed E-state index contributed by atoms with van der Waals surface area (Å²) in [5.74, 6) is 1.78. The van der Waals surface area contributed by atoms with E-state index in [-0.39, 0.29) is 0 Å². The lowest BCUT2D eigenvalue weighted by molar-refractivity contribution is 0.399. The smallest absolute Gasteiger partial charge is 0.132 e. The molecule has 3 rings (SSSR count). The molecule has 1 fully saturated rings. The molecule has 1 saturated carbocycles. The monoisotopic (exact) mass is 217 g/mol. The van der Waals surface area contributed by atoms with Crippen LogP contribution in [-0.4, -0.2) is 9.97 Å². The minimum absolute atomic E-state index is 0.654. The van der Waals surface area contributed by atoms with Crippen molar-refractivity contribution in [3.63, 3.8) is 0 Å². The van der Waals surface area contributed by atoms with E-state index in [4.69, 9.17) is 9.97 Å². The molecule has 0 amide bonds. The summed E-state index contributed by atoms with van der Waals surface area (Å²) >= 11 is 0. The fourth-order valence-electron chi connectivity index (χ4n) is 2.55. The van der Waals surface area contributed by atoms with Gasteiger partial charge in [0, 0.05) is 30.3 Å². The van der Waals surface area contributed by atoms with Crippen LogP contribution in [0.3, 0.4) is 0 Å². The third-order valence-electron chi connectivity index (χ3n) is 3.75. The van der Waals surface area contributed by atoms with Crippen LogP contribution in [0.5, 0.6) is 0 Å². The Hall–Kier alpha value is -0.960. The molecule has 3 nitrogen and oxygen atoms in total. The first-order valence-corrected chi connectivity index (χ1v) is 6.47. The number of aromatic nitrogens is 2. The summed E-state index contributed by atoms with van der Waals surface area (Å²) in [4.78, 5) is 9.55. The number of aryl methyl sites for hydroxylation is 1. The fourth-order valence-corrected chi connectivity index (χ4v) is 2.55. The van der Waals surface area contributed by atoms with Gasteiger partial charge in [0.25, 0.3) is 0 Å². The topological polar surface area (TPSA) is 37.8 Å². The van der Waals surface area contributed by atoms with E-state index in [0.29, 0.717) is 5.92 Å². The maximum absolute atomic E-state index is 4.80. The second-order valence-electron chi connectivity index (χ2n) is 4.94. The lowest BCUT2D eigenvalue weighted by Gasteiger charge is -2.24. The largest absolute Gasteiger partial charge is 0.307 e. The molecule has 3 heteroatoms.